The zero-order valence-electron chi connectivity index (χ0n) is 10.8. The Morgan fingerprint density at radius 1 is 1.36 bits per heavy atom. The Balaban J connectivity index is 4.64. The van der Waals surface area contributed by atoms with E-state index in [1.807, 2.05) is 0 Å². The molecule has 2 unspecified atom stereocenters. The Labute approximate surface area is 91.6 Å². The van der Waals surface area contributed by atoms with E-state index in [9.17, 15) is 0 Å². The minimum Gasteiger partial charge on any atom is -0.393 e. The molecule has 0 amide bonds. The first-order valence-corrected chi connectivity index (χ1v) is 7.59. The van der Waals surface area contributed by atoms with Gasteiger partial charge in [0.25, 0.3) is 0 Å². The van der Waals surface area contributed by atoms with Crippen LogP contribution in [0.2, 0.25) is 10.6 Å². The largest absolute Gasteiger partial charge is 0.393 e. The topological polar surface area (TPSA) is 12.0 Å². The van der Waals surface area contributed by atoms with Crippen molar-refractivity contribution >= 4 is 8.80 Å². The van der Waals surface area contributed by atoms with Crippen molar-refractivity contribution < 1.29 is 0 Å². The van der Waals surface area contributed by atoms with Crippen molar-refractivity contribution in [1.82, 2.24) is 5.32 Å². The van der Waals surface area contributed by atoms with Gasteiger partial charge in [-0.3, -0.25) is 0 Å². The van der Waals surface area contributed by atoms with Gasteiger partial charge in [0, 0.05) is 6.54 Å². The van der Waals surface area contributed by atoms with E-state index in [4.69, 9.17) is 0 Å². The zero-order chi connectivity index (χ0) is 11.4. The number of rotatable bonds is 5. The highest BCUT2D eigenvalue weighted by atomic mass is 28.3. The smallest absolute Gasteiger partial charge is 0.0982 e. The summed E-state index contributed by atoms with van der Waals surface area (Å²) in [5.41, 5.74) is 0.835. The molecule has 0 spiro atoms. The lowest BCUT2D eigenvalue weighted by atomic mass is 10.2. The van der Waals surface area contributed by atoms with Crippen LogP contribution in [-0.2, 0) is 0 Å². The molecular formula is C12H27NSi. The van der Waals surface area contributed by atoms with Gasteiger partial charge in [-0.05, 0) is 22.8 Å². The Kier molecular flexibility index (Phi) is 5.50. The van der Waals surface area contributed by atoms with Crippen LogP contribution in [0.25, 0.3) is 0 Å². The normalized spacial score (nSPS) is 16.1. The Hall–Kier alpha value is -0.243. The predicted octanol–water partition coefficient (Wildman–Crippen LogP) is 3.48. The fourth-order valence-corrected chi connectivity index (χ4v) is 6.63. The summed E-state index contributed by atoms with van der Waals surface area (Å²) in [6.45, 7) is 19.1. The van der Waals surface area contributed by atoms with Crippen LogP contribution in [0.3, 0.4) is 0 Å². The second-order valence-corrected chi connectivity index (χ2v) is 9.81. The van der Waals surface area contributed by atoms with E-state index in [0.717, 1.165) is 12.1 Å². The van der Waals surface area contributed by atoms with Gasteiger partial charge < -0.3 is 5.32 Å². The molecule has 0 aliphatic carbocycles. The van der Waals surface area contributed by atoms with Crippen LogP contribution in [0, 0.1) is 0 Å². The molecule has 0 aliphatic rings. The van der Waals surface area contributed by atoms with Crippen LogP contribution in [0.4, 0.5) is 0 Å². The minimum atomic E-state index is -0.934. The molecule has 0 saturated carbocycles. The van der Waals surface area contributed by atoms with Crippen LogP contribution < -0.4 is 5.32 Å². The van der Waals surface area contributed by atoms with Gasteiger partial charge in [0.05, 0.1) is 8.80 Å². The molecule has 0 saturated heterocycles. The van der Waals surface area contributed by atoms with Crippen LogP contribution in [0.5, 0.6) is 0 Å². The first-order chi connectivity index (χ1) is 6.34. The van der Waals surface area contributed by atoms with E-state index >= 15 is 0 Å². The van der Waals surface area contributed by atoms with Crippen molar-refractivity contribution in [3.63, 3.8) is 0 Å². The summed E-state index contributed by atoms with van der Waals surface area (Å²) in [6, 6.07) is 0. The average molecular weight is 213 g/mol. The fraction of sp³-hybridized carbons (Fsp3) is 0.833. The standard InChI is InChI=1S/C12H27NSi/c1-8-10(3)14(12(5,6)7)11(4)13-9-2/h10,13-14H,4,8-9H2,1-3,5-7H3. The maximum atomic E-state index is 4.23. The second-order valence-electron chi connectivity index (χ2n) is 5.28. The molecule has 0 aromatic carbocycles. The molecule has 1 nitrogen and oxygen atoms in total. The summed E-state index contributed by atoms with van der Waals surface area (Å²) in [7, 11) is -0.934. The van der Waals surface area contributed by atoms with E-state index in [2.05, 4.69) is 53.4 Å². The third kappa shape index (κ3) is 3.87. The Morgan fingerprint density at radius 3 is 2.14 bits per heavy atom. The predicted molar refractivity (Wildman–Crippen MR) is 69.4 cm³/mol. The van der Waals surface area contributed by atoms with Crippen LogP contribution in [0.1, 0.15) is 48.0 Å². The van der Waals surface area contributed by atoms with E-state index in [1.54, 1.807) is 0 Å². The molecule has 0 rings (SSSR count). The molecule has 0 aliphatic heterocycles. The highest BCUT2D eigenvalue weighted by Gasteiger charge is 2.32. The maximum absolute atomic E-state index is 4.23. The molecule has 2 heteroatoms. The van der Waals surface area contributed by atoms with Gasteiger partial charge in [-0.15, -0.1) is 0 Å². The number of hydrogen-bond donors (Lipinski definition) is 1. The molecule has 0 fully saturated rings. The fourth-order valence-electron chi connectivity index (χ4n) is 2.29. The van der Waals surface area contributed by atoms with Crippen molar-refractivity contribution in [3.05, 3.63) is 11.9 Å². The van der Waals surface area contributed by atoms with Crippen LogP contribution in [0.15, 0.2) is 11.9 Å². The lowest BCUT2D eigenvalue weighted by molar-refractivity contribution is 0.690. The van der Waals surface area contributed by atoms with Crippen molar-refractivity contribution in [2.75, 3.05) is 6.54 Å². The molecule has 0 radical (unpaired) electrons. The summed E-state index contributed by atoms with van der Waals surface area (Å²) < 4.78 is 0. The van der Waals surface area contributed by atoms with Gasteiger partial charge >= 0.3 is 0 Å². The van der Waals surface area contributed by atoms with Crippen molar-refractivity contribution in [2.24, 2.45) is 0 Å². The maximum Gasteiger partial charge on any atom is 0.0982 e. The highest BCUT2D eigenvalue weighted by molar-refractivity contribution is 6.70. The minimum absolute atomic E-state index is 0.439. The Bertz CT molecular complexity index is 181. The average Bonchev–Trinajstić information content (AvgIpc) is 2.02. The number of nitrogens with one attached hydrogen (secondary N) is 1. The van der Waals surface area contributed by atoms with E-state index in [-0.39, 0.29) is 0 Å². The van der Waals surface area contributed by atoms with Gasteiger partial charge in [0.15, 0.2) is 0 Å². The molecule has 0 bridgehead atoms. The van der Waals surface area contributed by atoms with Crippen LogP contribution >= 0.6 is 0 Å². The molecule has 2 atom stereocenters. The highest BCUT2D eigenvalue weighted by Crippen LogP contribution is 2.37. The molecule has 0 aromatic rings. The number of hydrogen-bond acceptors (Lipinski definition) is 1. The van der Waals surface area contributed by atoms with E-state index in [1.165, 1.54) is 11.7 Å². The molecule has 1 N–H and O–H groups in total. The zero-order valence-corrected chi connectivity index (χ0v) is 11.9. The van der Waals surface area contributed by atoms with Gasteiger partial charge in [-0.2, -0.15) is 0 Å². The van der Waals surface area contributed by atoms with Crippen molar-refractivity contribution in [3.8, 4) is 0 Å². The van der Waals surface area contributed by atoms with E-state index < -0.39 is 8.80 Å². The lowest BCUT2D eigenvalue weighted by Crippen LogP contribution is -2.37. The van der Waals surface area contributed by atoms with E-state index in [0.29, 0.717) is 5.04 Å². The molecule has 84 valence electrons. The summed E-state index contributed by atoms with van der Waals surface area (Å²) >= 11 is 0. The summed E-state index contributed by atoms with van der Waals surface area (Å²) in [5, 5.41) is 5.22. The first-order valence-electron chi connectivity index (χ1n) is 5.77. The molecular weight excluding hydrogens is 186 g/mol. The first kappa shape index (κ1) is 13.8. The molecule has 14 heavy (non-hydrogen) atoms. The molecule has 0 aromatic heterocycles. The van der Waals surface area contributed by atoms with Crippen molar-refractivity contribution in [2.45, 2.75) is 58.5 Å². The monoisotopic (exact) mass is 213 g/mol. The SMILES string of the molecule is C=C(NCC)[SiH](C(C)CC)C(C)(C)C. The third-order valence-corrected chi connectivity index (χ3v) is 7.36. The van der Waals surface area contributed by atoms with Crippen molar-refractivity contribution in [1.29, 1.82) is 0 Å². The second kappa shape index (κ2) is 5.59. The summed E-state index contributed by atoms with van der Waals surface area (Å²) in [5.74, 6) is 0. The van der Waals surface area contributed by atoms with Gasteiger partial charge in [-0.1, -0.05) is 47.6 Å². The lowest BCUT2D eigenvalue weighted by Gasteiger charge is -2.35. The van der Waals surface area contributed by atoms with Gasteiger partial charge in [0.1, 0.15) is 0 Å². The molecule has 0 heterocycles. The van der Waals surface area contributed by atoms with Gasteiger partial charge in [-0.25, -0.2) is 0 Å². The Morgan fingerprint density at radius 2 is 1.86 bits per heavy atom. The quantitative estimate of drug-likeness (QED) is 0.690. The summed E-state index contributed by atoms with van der Waals surface area (Å²) in [4.78, 5) is 0. The van der Waals surface area contributed by atoms with Gasteiger partial charge in [0.2, 0.25) is 0 Å². The van der Waals surface area contributed by atoms with Crippen LogP contribution in [-0.4, -0.2) is 15.3 Å². The summed E-state index contributed by atoms with van der Waals surface area (Å²) in [6.07, 6.45) is 1.28. The third-order valence-electron chi connectivity index (χ3n) is 2.93.